The van der Waals surface area contributed by atoms with Crippen LogP contribution in [0.25, 0.3) is 34.1 Å². The quantitative estimate of drug-likeness (QED) is 0.141. The number of hydrogen-bond donors (Lipinski definition) is 0. The van der Waals surface area contributed by atoms with Crippen molar-refractivity contribution < 1.29 is 19.2 Å². The molecule has 0 radical (unpaired) electrons. The Morgan fingerprint density at radius 3 is 0.769 bits per heavy atom. The maximum Gasteiger partial charge on any atom is 0.345 e. The Hall–Kier alpha value is -9.56. The van der Waals surface area contributed by atoms with Crippen molar-refractivity contribution in [1.82, 2.24) is 27.4 Å². The maximum absolute atomic E-state index is 14.7. The largest absolute Gasteiger partial charge is 0.345 e. The Bertz CT molecular complexity index is 3580. The lowest BCUT2D eigenvalue weighted by Crippen LogP contribution is -2.53. The molecule has 0 aliphatic carbocycles. The van der Waals surface area contributed by atoms with Gasteiger partial charge in [-0.1, -0.05) is 30.3 Å². The van der Waals surface area contributed by atoms with Gasteiger partial charge in [0.2, 0.25) is 24.3 Å². The van der Waals surface area contributed by atoms with Crippen molar-refractivity contribution in [2.75, 3.05) is 0 Å². The van der Waals surface area contributed by atoms with E-state index in [0.29, 0.717) is 49.7 Å². The van der Waals surface area contributed by atoms with Crippen LogP contribution in [0.3, 0.4) is 0 Å². The van der Waals surface area contributed by atoms with Gasteiger partial charge in [0.05, 0.1) is 56.9 Å². The van der Waals surface area contributed by atoms with Crippen LogP contribution in [-0.4, -0.2) is 51.7 Å². The van der Waals surface area contributed by atoms with E-state index in [1.807, 2.05) is 0 Å². The number of benzene rings is 5. The summed E-state index contributed by atoms with van der Waals surface area (Å²) in [7, 11) is 0. The highest BCUT2D eigenvalue weighted by Gasteiger charge is 2.25. The molecule has 320 valence electrons. The lowest BCUT2D eigenvalue weighted by molar-refractivity contribution is 0.564. The first-order valence-corrected chi connectivity index (χ1v) is 19.0. The van der Waals surface area contributed by atoms with E-state index in [9.17, 15) is 47.9 Å². The van der Waals surface area contributed by atoms with E-state index in [-0.39, 0.29) is 62.4 Å². The summed E-state index contributed by atoms with van der Waals surface area (Å²) in [4.78, 5) is 147. The van der Waals surface area contributed by atoms with Crippen LogP contribution in [0.4, 0.5) is 22.7 Å². The summed E-state index contributed by atoms with van der Waals surface area (Å²) in [6.45, 7) is 7.96. The molecule has 2 heterocycles. The number of nitrogens with zero attached hydrogens (tertiary/aromatic N) is 10. The van der Waals surface area contributed by atoms with Crippen LogP contribution < -0.4 is 34.1 Å². The Morgan fingerprint density at radius 1 is 0.308 bits per heavy atom. The van der Waals surface area contributed by atoms with Gasteiger partial charge in [0, 0.05) is 0 Å². The van der Waals surface area contributed by atoms with Gasteiger partial charge in [-0.15, -0.1) is 0 Å². The average Bonchev–Trinajstić information content (AvgIpc) is 3.26. The van der Waals surface area contributed by atoms with Crippen LogP contribution in [0.15, 0.2) is 140 Å². The summed E-state index contributed by atoms with van der Waals surface area (Å²) in [6.07, 6.45) is 5.69. The third kappa shape index (κ3) is 7.70. The molecule has 5 aromatic carbocycles. The molecule has 0 unspecified atom stereocenters. The second-order valence-electron chi connectivity index (χ2n) is 14.4. The summed E-state index contributed by atoms with van der Waals surface area (Å²) >= 11 is 0. The molecule has 0 bridgehead atoms. The van der Waals surface area contributed by atoms with Gasteiger partial charge in [0.15, 0.2) is 0 Å². The molecule has 0 fully saturated rings. The third-order valence-corrected chi connectivity index (χ3v) is 10.5. The molecule has 20 heteroatoms. The van der Waals surface area contributed by atoms with Crippen LogP contribution in [0.1, 0.15) is 27.8 Å². The van der Waals surface area contributed by atoms with Crippen molar-refractivity contribution in [3.8, 4) is 34.1 Å². The Labute approximate surface area is 363 Å². The summed E-state index contributed by atoms with van der Waals surface area (Å²) in [5.41, 5.74) is -6.07. The molecular formula is C45H30N10O10. The van der Waals surface area contributed by atoms with Crippen LogP contribution in [0, 0.1) is 34.6 Å². The summed E-state index contributed by atoms with van der Waals surface area (Å²) in [5.74, 6) is 0. The minimum atomic E-state index is -1.24. The zero-order chi connectivity index (χ0) is 46.9. The minimum Gasteiger partial charge on any atom is -0.246 e. The molecular weight excluding hydrogens is 841 g/mol. The fourth-order valence-corrected chi connectivity index (χ4v) is 7.01. The summed E-state index contributed by atoms with van der Waals surface area (Å²) in [6, 6.07) is 20.2. The second-order valence-corrected chi connectivity index (χ2v) is 14.4. The van der Waals surface area contributed by atoms with E-state index < -0.39 is 34.1 Å². The van der Waals surface area contributed by atoms with Gasteiger partial charge in [-0.25, -0.2) is 75.3 Å². The first-order valence-electron chi connectivity index (χ1n) is 19.0. The molecule has 0 N–H and O–H groups in total. The van der Waals surface area contributed by atoms with E-state index in [0.717, 1.165) is 6.07 Å². The first-order chi connectivity index (χ1) is 31.1. The highest BCUT2D eigenvalue weighted by atomic mass is 16.2. The van der Waals surface area contributed by atoms with Gasteiger partial charge in [-0.3, -0.25) is 0 Å². The number of rotatable bonds is 10. The number of aryl methyl sites for hydroxylation is 5. The Balaban J connectivity index is 1.62. The molecule has 20 nitrogen and oxygen atoms in total. The summed E-state index contributed by atoms with van der Waals surface area (Å²) < 4.78 is 3.71. The first kappa shape index (κ1) is 43.5. The van der Waals surface area contributed by atoms with E-state index in [1.54, 1.807) is 27.7 Å². The van der Waals surface area contributed by atoms with Crippen LogP contribution in [0.5, 0.6) is 0 Å². The molecule has 0 aliphatic heterocycles. The number of aromatic nitrogens is 6. The van der Waals surface area contributed by atoms with Gasteiger partial charge in [-0.2, -0.15) is 20.0 Å². The zero-order valence-corrected chi connectivity index (χ0v) is 34.7. The third-order valence-electron chi connectivity index (χ3n) is 10.5. The molecule has 0 saturated heterocycles. The molecule has 0 aliphatic rings. The molecule has 0 saturated carbocycles. The fraction of sp³-hybridized carbons (Fsp3) is 0.111. The molecule has 0 spiro atoms. The highest BCUT2D eigenvalue weighted by Crippen LogP contribution is 2.25. The normalized spacial score (nSPS) is 10.6. The lowest BCUT2D eigenvalue weighted by atomic mass is 10.1. The van der Waals surface area contributed by atoms with Gasteiger partial charge in [-0.05, 0) is 123 Å². The van der Waals surface area contributed by atoms with Gasteiger partial charge < -0.3 is 0 Å². The maximum atomic E-state index is 14.7. The van der Waals surface area contributed by atoms with E-state index in [2.05, 4.69) is 20.0 Å². The SMILES string of the molecule is Cc1ccc(-n2c(=O)n(-c3ccc(C)c(N=C=O)c3)c(=O)n(-c3ccc(C)c(-n4c(=O)n(-c5ccc(C)c(N=C=O)c5)c(=O)n(-c5ccc(C)c(N=C=O)c5)c4=O)c3)c2=O)cc1N=C=O. The fourth-order valence-electron chi connectivity index (χ4n) is 7.01. The van der Waals surface area contributed by atoms with E-state index in [4.69, 9.17) is 0 Å². The lowest BCUT2D eigenvalue weighted by Gasteiger charge is -2.18. The van der Waals surface area contributed by atoms with Gasteiger partial charge >= 0.3 is 34.1 Å². The predicted molar refractivity (Wildman–Crippen MR) is 235 cm³/mol. The van der Waals surface area contributed by atoms with Crippen molar-refractivity contribution in [2.45, 2.75) is 34.6 Å². The molecule has 0 amide bonds. The smallest absolute Gasteiger partial charge is 0.246 e. The summed E-state index contributed by atoms with van der Waals surface area (Å²) in [5, 5.41) is 0. The number of aliphatic imine (C=N–C) groups is 4. The van der Waals surface area contributed by atoms with Crippen LogP contribution >= 0.6 is 0 Å². The monoisotopic (exact) mass is 870 g/mol. The number of hydrogen-bond acceptors (Lipinski definition) is 14. The zero-order valence-electron chi connectivity index (χ0n) is 34.7. The average molecular weight is 871 g/mol. The van der Waals surface area contributed by atoms with Crippen LogP contribution in [-0.2, 0) is 19.2 Å². The van der Waals surface area contributed by atoms with Crippen LogP contribution in [0.2, 0.25) is 0 Å². The molecule has 7 rings (SSSR count). The second kappa shape index (κ2) is 17.4. The minimum absolute atomic E-state index is 0.0479. The molecule has 2 aromatic heterocycles. The van der Waals surface area contributed by atoms with E-state index in [1.165, 1.54) is 116 Å². The molecule has 0 atom stereocenters. The van der Waals surface area contributed by atoms with Crippen molar-refractivity contribution in [1.29, 1.82) is 0 Å². The van der Waals surface area contributed by atoms with Crippen molar-refractivity contribution in [3.05, 3.63) is 182 Å². The predicted octanol–water partition coefficient (Wildman–Crippen LogP) is 4.00. The molecule has 65 heavy (non-hydrogen) atoms. The van der Waals surface area contributed by atoms with Gasteiger partial charge in [0.1, 0.15) is 0 Å². The van der Waals surface area contributed by atoms with Crippen molar-refractivity contribution in [3.63, 3.8) is 0 Å². The topological polar surface area (TPSA) is 250 Å². The Kier molecular flexibility index (Phi) is 11.7. The van der Waals surface area contributed by atoms with Gasteiger partial charge in [0.25, 0.3) is 0 Å². The molecule has 7 aromatic rings. The highest BCUT2D eigenvalue weighted by molar-refractivity contribution is 5.62. The van der Waals surface area contributed by atoms with Crippen molar-refractivity contribution >= 4 is 47.1 Å². The Morgan fingerprint density at radius 2 is 0.523 bits per heavy atom. The number of carbonyl (C=O) groups excluding carboxylic acids is 4. The van der Waals surface area contributed by atoms with E-state index >= 15 is 0 Å². The number of isocyanates is 4. The van der Waals surface area contributed by atoms with Crippen molar-refractivity contribution in [2.24, 2.45) is 20.0 Å². The standard InChI is InChI=1S/C45H30N10O10/c1-25-6-11-30(16-35(25)46-21-56)50-40(60)51(31-12-7-26(2)36(17-31)47-22-57)42(62)54(41(50)61)34-15-10-29(5)39(20-34)55-44(64)52(32-13-8-27(3)37(18-32)48-23-58)43(63)53(45(55)65)33-14-9-28(4)38(19-33)49-24-59/h6-20H,1-5H3.